The van der Waals surface area contributed by atoms with E-state index in [0.29, 0.717) is 0 Å². The Kier molecular flexibility index (Phi) is 5.73. The summed E-state index contributed by atoms with van der Waals surface area (Å²) in [5.41, 5.74) is 4.42. The van der Waals surface area contributed by atoms with E-state index in [-0.39, 0.29) is 0 Å². The van der Waals surface area contributed by atoms with Crippen LogP contribution in [0, 0.1) is 6.92 Å². The van der Waals surface area contributed by atoms with Crippen LogP contribution in [-0.4, -0.2) is 5.11 Å². The molecule has 0 radical (unpaired) electrons. The van der Waals surface area contributed by atoms with Gasteiger partial charge in [-0.2, -0.15) is 0 Å². The molecule has 0 aromatic heterocycles. The molecule has 1 N–H and O–H groups in total. The fraction of sp³-hybridized carbons (Fsp3) is 0.0769. The Morgan fingerprint density at radius 1 is 0.655 bits per heavy atom. The second-order valence-electron chi connectivity index (χ2n) is 7.14. The Balaban J connectivity index is 2.02. The molecule has 1 unspecified atom stereocenters. The lowest BCUT2D eigenvalue weighted by molar-refractivity contribution is 0.126. The standard InChI is InChI=1S/C26H20Br2O/c1-18-7-11-21(12-8-18)26(29,20-5-3-2-4-6-20)25-17-23(28)15-16-24(25)19-9-13-22(27)14-10-19/h2-17,29H,1H3. The number of rotatable bonds is 4. The van der Waals surface area contributed by atoms with E-state index in [9.17, 15) is 5.11 Å². The molecule has 1 atom stereocenters. The molecule has 0 aliphatic carbocycles. The van der Waals surface area contributed by atoms with Crippen LogP contribution in [0.3, 0.4) is 0 Å². The summed E-state index contributed by atoms with van der Waals surface area (Å²) < 4.78 is 1.95. The highest BCUT2D eigenvalue weighted by Gasteiger charge is 2.36. The molecule has 0 bridgehead atoms. The summed E-state index contributed by atoms with van der Waals surface area (Å²) in [6.07, 6.45) is 0. The van der Waals surface area contributed by atoms with Gasteiger partial charge >= 0.3 is 0 Å². The number of halogens is 2. The lowest BCUT2D eigenvalue weighted by atomic mass is 9.77. The van der Waals surface area contributed by atoms with E-state index >= 15 is 0 Å². The molecule has 144 valence electrons. The van der Waals surface area contributed by atoms with Crippen LogP contribution in [0.25, 0.3) is 11.1 Å². The second-order valence-corrected chi connectivity index (χ2v) is 8.97. The summed E-state index contributed by atoms with van der Waals surface area (Å²) in [6, 6.07) is 32.2. The van der Waals surface area contributed by atoms with E-state index < -0.39 is 5.60 Å². The highest BCUT2D eigenvalue weighted by Crippen LogP contribution is 2.42. The number of benzene rings is 4. The van der Waals surface area contributed by atoms with E-state index in [1.807, 2.05) is 78.9 Å². The quantitative estimate of drug-likeness (QED) is 0.284. The van der Waals surface area contributed by atoms with Gasteiger partial charge in [0.25, 0.3) is 0 Å². The van der Waals surface area contributed by atoms with E-state index in [1.165, 1.54) is 0 Å². The first-order valence-electron chi connectivity index (χ1n) is 9.39. The van der Waals surface area contributed by atoms with Gasteiger partial charge in [0.05, 0.1) is 0 Å². The minimum atomic E-state index is -1.29. The van der Waals surface area contributed by atoms with Gasteiger partial charge in [-0.25, -0.2) is 0 Å². The molecule has 0 aliphatic heterocycles. The molecule has 0 aliphatic rings. The molecule has 29 heavy (non-hydrogen) atoms. The van der Waals surface area contributed by atoms with Gasteiger partial charge in [-0.1, -0.05) is 110 Å². The number of aliphatic hydroxyl groups is 1. The first-order valence-corrected chi connectivity index (χ1v) is 11.0. The highest BCUT2D eigenvalue weighted by atomic mass is 79.9. The maximum absolute atomic E-state index is 12.3. The monoisotopic (exact) mass is 506 g/mol. The average molecular weight is 508 g/mol. The normalized spacial score (nSPS) is 13.1. The SMILES string of the molecule is Cc1ccc(C(O)(c2ccccc2)c2cc(Br)ccc2-c2ccc(Br)cc2)cc1. The van der Waals surface area contributed by atoms with Gasteiger partial charge < -0.3 is 5.11 Å². The van der Waals surface area contributed by atoms with Gasteiger partial charge in [0.1, 0.15) is 5.60 Å². The van der Waals surface area contributed by atoms with Crippen LogP contribution >= 0.6 is 31.9 Å². The van der Waals surface area contributed by atoms with Crippen LogP contribution in [-0.2, 0) is 5.60 Å². The fourth-order valence-electron chi connectivity index (χ4n) is 3.65. The molecule has 1 nitrogen and oxygen atoms in total. The van der Waals surface area contributed by atoms with Crippen molar-refractivity contribution in [2.45, 2.75) is 12.5 Å². The number of hydrogen-bond acceptors (Lipinski definition) is 1. The van der Waals surface area contributed by atoms with Crippen LogP contribution < -0.4 is 0 Å². The van der Waals surface area contributed by atoms with Crippen LogP contribution in [0.2, 0.25) is 0 Å². The minimum Gasteiger partial charge on any atom is -0.376 e. The Morgan fingerprint density at radius 3 is 1.90 bits per heavy atom. The Hall–Kier alpha value is -2.20. The van der Waals surface area contributed by atoms with Crippen LogP contribution in [0.5, 0.6) is 0 Å². The van der Waals surface area contributed by atoms with Crippen molar-refractivity contribution in [3.63, 3.8) is 0 Å². The third kappa shape index (κ3) is 3.95. The van der Waals surface area contributed by atoms with E-state index in [2.05, 4.69) is 57.0 Å². The van der Waals surface area contributed by atoms with Gasteiger partial charge in [-0.05, 0) is 53.4 Å². The molecule has 0 saturated carbocycles. The maximum Gasteiger partial charge on any atom is 0.141 e. The van der Waals surface area contributed by atoms with Crippen LogP contribution in [0.15, 0.2) is 106 Å². The molecular formula is C26H20Br2O. The van der Waals surface area contributed by atoms with Crippen LogP contribution in [0.4, 0.5) is 0 Å². The summed E-state index contributed by atoms with van der Waals surface area (Å²) in [5.74, 6) is 0. The highest BCUT2D eigenvalue weighted by molar-refractivity contribution is 9.10. The van der Waals surface area contributed by atoms with E-state index in [4.69, 9.17) is 0 Å². The molecule has 0 fully saturated rings. The van der Waals surface area contributed by atoms with Crippen molar-refractivity contribution in [3.8, 4) is 11.1 Å². The second kappa shape index (κ2) is 8.27. The predicted molar refractivity (Wildman–Crippen MR) is 127 cm³/mol. The zero-order valence-corrected chi connectivity index (χ0v) is 19.1. The largest absolute Gasteiger partial charge is 0.376 e. The fourth-order valence-corrected chi connectivity index (χ4v) is 4.27. The van der Waals surface area contributed by atoms with Gasteiger partial charge in [-0.15, -0.1) is 0 Å². The third-order valence-corrected chi connectivity index (χ3v) is 6.21. The zero-order valence-electron chi connectivity index (χ0n) is 15.9. The zero-order chi connectivity index (χ0) is 20.4. The molecule has 3 heteroatoms. The van der Waals surface area contributed by atoms with E-state index in [0.717, 1.165) is 42.3 Å². The van der Waals surface area contributed by atoms with Gasteiger partial charge in [0, 0.05) is 14.5 Å². The minimum absolute atomic E-state index is 0.834. The number of aryl methyl sites for hydroxylation is 1. The smallest absolute Gasteiger partial charge is 0.141 e. The van der Waals surface area contributed by atoms with Crippen molar-refractivity contribution in [3.05, 3.63) is 128 Å². The summed E-state index contributed by atoms with van der Waals surface area (Å²) in [4.78, 5) is 0. The Morgan fingerprint density at radius 2 is 1.24 bits per heavy atom. The molecule has 0 heterocycles. The Labute approximate surface area is 188 Å². The van der Waals surface area contributed by atoms with Gasteiger partial charge in [0.2, 0.25) is 0 Å². The summed E-state index contributed by atoms with van der Waals surface area (Å²) in [5, 5.41) is 12.3. The van der Waals surface area contributed by atoms with Crippen molar-refractivity contribution in [2.75, 3.05) is 0 Å². The topological polar surface area (TPSA) is 20.2 Å². The lowest BCUT2D eigenvalue weighted by Crippen LogP contribution is -2.29. The van der Waals surface area contributed by atoms with Crippen LogP contribution in [0.1, 0.15) is 22.3 Å². The summed E-state index contributed by atoms with van der Waals surface area (Å²) in [6.45, 7) is 2.05. The average Bonchev–Trinajstić information content (AvgIpc) is 2.75. The Bertz CT molecular complexity index is 1120. The summed E-state index contributed by atoms with van der Waals surface area (Å²) >= 11 is 7.12. The molecule has 4 aromatic carbocycles. The molecule has 4 rings (SSSR count). The number of hydrogen-bond donors (Lipinski definition) is 1. The third-order valence-electron chi connectivity index (χ3n) is 5.19. The van der Waals surface area contributed by atoms with Crippen molar-refractivity contribution >= 4 is 31.9 Å². The van der Waals surface area contributed by atoms with E-state index in [1.54, 1.807) is 0 Å². The van der Waals surface area contributed by atoms with Gasteiger partial charge in [-0.3, -0.25) is 0 Å². The molecular weight excluding hydrogens is 488 g/mol. The first kappa shape index (κ1) is 20.1. The maximum atomic E-state index is 12.3. The van der Waals surface area contributed by atoms with Crippen molar-refractivity contribution < 1.29 is 5.11 Å². The molecule has 0 spiro atoms. The molecule has 0 saturated heterocycles. The van der Waals surface area contributed by atoms with Crippen molar-refractivity contribution in [2.24, 2.45) is 0 Å². The van der Waals surface area contributed by atoms with Gasteiger partial charge in [0.15, 0.2) is 0 Å². The van der Waals surface area contributed by atoms with Crippen molar-refractivity contribution in [1.29, 1.82) is 0 Å². The predicted octanol–water partition coefficient (Wildman–Crippen LogP) is 7.47. The first-order chi connectivity index (χ1) is 14.0. The van der Waals surface area contributed by atoms with Crippen molar-refractivity contribution in [1.82, 2.24) is 0 Å². The molecule has 0 amide bonds. The lowest BCUT2D eigenvalue weighted by Gasteiger charge is -2.32. The molecule has 4 aromatic rings. The summed E-state index contributed by atoms with van der Waals surface area (Å²) in [7, 11) is 0.